The zero-order valence-corrected chi connectivity index (χ0v) is 21.7. The zero-order chi connectivity index (χ0) is 22.8. The maximum absolute atomic E-state index is 9.53. The fraction of sp³-hybridized carbons (Fsp3) is 0.0769. The van der Waals surface area contributed by atoms with Gasteiger partial charge in [-0.15, -0.1) is 12.1 Å². The van der Waals surface area contributed by atoms with Gasteiger partial charge in [-0.05, 0) is 46.8 Å². The monoisotopic (exact) mass is 565 g/mol. The first-order chi connectivity index (χ1) is 15.5. The summed E-state index contributed by atoms with van der Waals surface area (Å²) in [6.45, 7) is 1.29. The molecule has 4 aromatic rings. The number of hydrogen-bond donors (Lipinski definition) is 6. The molecule has 0 aliphatic rings. The van der Waals surface area contributed by atoms with E-state index in [-0.39, 0.29) is 47.1 Å². The van der Waals surface area contributed by atoms with E-state index < -0.39 is 0 Å². The molecule has 0 amide bonds. The number of aromatic hydroxyl groups is 2. The Kier molecular flexibility index (Phi) is 10.6. The smallest absolute Gasteiger partial charge is 0.0314 e. The Hall–Kier alpha value is -3.13. The number of phenolic OH excluding ortho intramolecular Hbond substituents is 2. The molecule has 0 saturated heterocycles. The van der Waals surface area contributed by atoms with E-state index in [9.17, 15) is 10.2 Å². The van der Waals surface area contributed by atoms with Gasteiger partial charge in [0, 0.05) is 71.6 Å². The van der Waals surface area contributed by atoms with Crippen molar-refractivity contribution < 1.29 is 45.8 Å². The molecule has 0 bridgehead atoms. The first kappa shape index (κ1) is 26.1. The number of nitrogen functional groups attached to an aromatic ring is 2. The predicted octanol–water partition coefficient (Wildman–Crippen LogP) is 4.77. The number of phenols is 2. The molecule has 0 aliphatic carbocycles. The van der Waals surface area contributed by atoms with Gasteiger partial charge in [0.15, 0.2) is 0 Å². The molecule has 7 heteroatoms. The van der Waals surface area contributed by atoms with Gasteiger partial charge < -0.3 is 32.3 Å². The van der Waals surface area contributed by atoms with Crippen LogP contribution in [0.3, 0.4) is 0 Å². The Balaban J connectivity index is 0.000000227. The first-order valence-electron chi connectivity index (χ1n) is 10.1. The van der Waals surface area contributed by atoms with Crippen molar-refractivity contribution >= 4 is 22.7 Å². The van der Waals surface area contributed by atoms with Gasteiger partial charge in [0.1, 0.15) is 0 Å². The number of nitrogens with two attached hydrogens (primary N) is 2. The van der Waals surface area contributed by atoms with E-state index in [0.717, 1.165) is 22.5 Å². The Labute approximate surface area is 222 Å². The van der Waals surface area contributed by atoms with Crippen molar-refractivity contribution in [3.8, 4) is 11.5 Å². The van der Waals surface area contributed by atoms with E-state index in [2.05, 4.69) is 22.8 Å². The van der Waals surface area contributed by atoms with Gasteiger partial charge in [0.2, 0.25) is 0 Å². The number of rotatable bonds is 6. The molecule has 4 aromatic carbocycles. The van der Waals surface area contributed by atoms with Crippen LogP contribution in [0.4, 0.5) is 22.7 Å². The van der Waals surface area contributed by atoms with E-state index in [1.807, 2.05) is 48.5 Å². The van der Waals surface area contributed by atoms with Gasteiger partial charge in [-0.3, -0.25) is 0 Å². The summed E-state index contributed by atoms with van der Waals surface area (Å²) < 4.78 is 0. The van der Waals surface area contributed by atoms with Gasteiger partial charge in [-0.25, -0.2) is 0 Å². The molecule has 0 unspecified atom stereocenters. The van der Waals surface area contributed by atoms with E-state index in [0.29, 0.717) is 24.5 Å². The SMILES string of the molecule is Nc1ccc(CNc2c[c-]ccc2O)cc1.Nc1ccc(CNc2c[c-]ccc2O)cc1.[La]. The van der Waals surface area contributed by atoms with Gasteiger partial charge in [0.05, 0.1) is 0 Å². The first-order valence-corrected chi connectivity index (χ1v) is 10.1. The third kappa shape index (κ3) is 8.73. The van der Waals surface area contributed by atoms with Crippen LogP contribution in [0.2, 0.25) is 0 Å². The molecule has 0 aliphatic heterocycles. The third-order valence-corrected chi connectivity index (χ3v) is 4.61. The normalized spacial score (nSPS) is 9.70. The van der Waals surface area contributed by atoms with Crippen molar-refractivity contribution in [2.45, 2.75) is 13.1 Å². The standard InChI is InChI=1S/2C13H13N2O.La/c2*14-11-7-5-10(6-8-11)9-15-12-3-1-2-4-13(12)16;/h2*2-8,15-16H,9,14H2;/q2*-1;. The molecule has 0 heterocycles. The summed E-state index contributed by atoms with van der Waals surface area (Å²) in [5, 5.41) is 25.3. The van der Waals surface area contributed by atoms with Gasteiger partial charge >= 0.3 is 0 Å². The van der Waals surface area contributed by atoms with Crippen molar-refractivity contribution in [1.82, 2.24) is 0 Å². The number of benzene rings is 4. The summed E-state index contributed by atoms with van der Waals surface area (Å²) in [7, 11) is 0. The van der Waals surface area contributed by atoms with Crippen LogP contribution < -0.4 is 22.1 Å². The van der Waals surface area contributed by atoms with Gasteiger partial charge in [-0.2, -0.15) is 36.4 Å². The van der Waals surface area contributed by atoms with E-state index in [4.69, 9.17) is 11.5 Å². The minimum absolute atomic E-state index is 0. The molecule has 0 spiro atoms. The van der Waals surface area contributed by atoms with Crippen LogP contribution in [0.1, 0.15) is 11.1 Å². The largest absolute Gasteiger partial charge is 0.531 e. The van der Waals surface area contributed by atoms with Gasteiger partial charge in [0.25, 0.3) is 0 Å². The summed E-state index contributed by atoms with van der Waals surface area (Å²) in [6.07, 6.45) is 0. The summed E-state index contributed by atoms with van der Waals surface area (Å²) >= 11 is 0. The van der Waals surface area contributed by atoms with E-state index in [1.54, 1.807) is 36.4 Å². The topological polar surface area (TPSA) is 117 Å². The molecule has 33 heavy (non-hydrogen) atoms. The predicted molar refractivity (Wildman–Crippen MR) is 130 cm³/mol. The minimum atomic E-state index is 0. The summed E-state index contributed by atoms with van der Waals surface area (Å²) in [4.78, 5) is 0. The number of hydrogen-bond acceptors (Lipinski definition) is 6. The molecule has 0 atom stereocenters. The second kappa shape index (κ2) is 13.4. The van der Waals surface area contributed by atoms with E-state index >= 15 is 0 Å². The average Bonchev–Trinajstić information content (AvgIpc) is 2.81. The molecular formula is C26H26LaN4O2-2. The van der Waals surface area contributed by atoms with Crippen molar-refractivity contribution in [2.75, 3.05) is 22.1 Å². The summed E-state index contributed by atoms with van der Waals surface area (Å²) in [6, 6.07) is 31.0. The van der Waals surface area contributed by atoms with Crippen LogP contribution in [-0.4, -0.2) is 10.2 Å². The second-order valence-electron chi connectivity index (χ2n) is 7.08. The van der Waals surface area contributed by atoms with Crippen molar-refractivity contribution in [3.63, 3.8) is 0 Å². The maximum Gasteiger partial charge on any atom is 0.0314 e. The molecule has 0 saturated carbocycles. The molecule has 4 rings (SSSR count). The minimum Gasteiger partial charge on any atom is -0.531 e. The van der Waals surface area contributed by atoms with Gasteiger partial charge in [-0.1, -0.05) is 24.3 Å². The van der Waals surface area contributed by atoms with Crippen LogP contribution in [0.5, 0.6) is 11.5 Å². The molecule has 0 aromatic heterocycles. The van der Waals surface area contributed by atoms with Crippen LogP contribution in [0, 0.1) is 47.7 Å². The van der Waals surface area contributed by atoms with Crippen LogP contribution in [0.15, 0.2) is 84.9 Å². The zero-order valence-electron chi connectivity index (χ0n) is 18.1. The summed E-state index contributed by atoms with van der Waals surface area (Å²) in [5.41, 5.74) is 16.3. The maximum atomic E-state index is 9.53. The Morgan fingerprint density at radius 1 is 0.606 bits per heavy atom. The van der Waals surface area contributed by atoms with Crippen LogP contribution >= 0.6 is 0 Å². The average molecular weight is 565 g/mol. The Bertz CT molecular complexity index is 1030. The number of nitrogens with one attached hydrogen (secondary N) is 2. The molecule has 0 fully saturated rings. The summed E-state index contributed by atoms with van der Waals surface area (Å²) in [5.74, 6) is 0.461. The Morgan fingerprint density at radius 3 is 1.30 bits per heavy atom. The van der Waals surface area contributed by atoms with E-state index in [1.165, 1.54) is 0 Å². The molecule has 1 radical (unpaired) electrons. The third-order valence-electron chi connectivity index (χ3n) is 4.61. The fourth-order valence-electron chi connectivity index (χ4n) is 2.79. The Morgan fingerprint density at radius 2 is 0.970 bits per heavy atom. The van der Waals surface area contributed by atoms with Crippen molar-refractivity contribution in [3.05, 3.63) is 108 Å². The van der Waals surface area contributed by atoms with Crippen LogP contribution in [-0.2, 0) is 13.1 Å². The van der Waals surface area contributed by atoms with Crippen molar-refractivity contribution in [2.24, 2.45) is 0 Å². The molecule has 167 valence electrons. The fourth-order valence-corrected chi connectivity index (χ4v) is 2.79. The van der Waals surface area contributed by atoms with Crippen LogP contribution in [0.25, 0.3) is 0 Å². The quantitative estimate of drug-likeness (QED) is 0.114. The second-order valence-corrected chi connectivity index (χ2v) is 7.08. The number of anilines is 4. The van der Waals surface area contributed by atoms with Crippen molar-refractivity contribution in [1.29, 1.82) is 0 Å². The molecular weight excluding hydrogens is 539 g/mol. The molecule has 8 N–H and O–H groups in total. The molecule has 6 nitrogen and oxygen atoms in total.